The van der Waals surface area contributed by atoms with Crippen molar-refractivity contribution in [2.45, 2.75) is 37.3 Å². The maximum atomic E-state index is 12.8. The van der Waals surface area contributed by atoms with E-state index in [1.54, 1.807) is 28.8 Å². The number of carbonyl (C=O) groups excluding carboxylic acids is 2. The molecule has 1 atom stereocenters. The number of fused-ring (bicyclic) bond motifs is 1. The number of hydrogen-bond donors (Lipinski definition) is 0. The van der Waals surface area contributed by atoms with Crippen LogP contribution in [0, 0.1) is 0 Å². The average Bonchev–Trinajstić information content (AvgIpc) is 2.91. The van der Waals surface area contributed by atoms with Crippen LogP contribution in [0.5, 0.6) is 0 Å². The van der Waals surface area contributed by atoms with Crippen molar-refractivity contribution in [2.24, 2.45) is 0 Å². The highest BCUT2D eigenvalue weighted by Gasteiger charge is 2.25. The summed E-state index contributed by atoms with van der Waals surface area (Å²) in [6.45, 7) is 8.53. The standard InChI is InChI=1S/C23H28N2O3S/c1-4-24(5-2)19-12-10-18(11-13-19)23(27)28-16-22(26)25-15-14-17(3)29-21-9-7-6-8-20(21)25/h6-13,17H,4-5,14-16H2,1-3H3/t17-/m0/s1. The molecular weight excluding hydrogens is 384 g/mol. The van der Waals surface area contributed by atoms with Crippen molar-refractivity contribution in [1.29, 1.82) is 0 Å². The first-order valence-electron chi connectivity index (χ1n) is 10.1. The highest BCUT2D eigenvalue weighted by Crippen LogP contribution is 2.37. The van der Waals surface area contributed by atoms with Gasteiger partial charge in [0, 0.05) is 35.5 Å². The van der Waals surface area contributed by atoms with E-state index in [0.29, 0.717) is 17.4 Å². The molecule has 1 amide bonds. The zero-order chi connectivity index (χ0) is 20.8. The molecule has 0 aromatic heterocycles. The third-order valence-corrected chi connectivity index (χ3v) is 6.34. The van der Waals surface area contributed by atoms with Gasteiger partial charge in [0.15, 0.2) is 6.61 Å². The minimum Gasteiger partial charge on any atom is -0.452 e. The highest BCUT2D eigenvalue weighted by molar-refractivity contribution is 8.00. The molecular formula is C23H28N2O3S. The Hall–Kier alpha value is -2.47. The Balaban J connectivity index is 1.64. The number of anilines is 2. The molecule has 1 heterocycles. The molecule has 154 valence electrons. The highest BCUT2D eigenvalue weighted by atomic mass is 32.2. The van der Waals surface area contributed by atoms with Gasteiger partial charge in [-0.05, 0) is 56.7 Å². The lowest BCUT2D eigenvalue weighted by molar-refractivity contribution is -0.121. The number of rotatable bonds is 6. The van der Waals surface area contributed by atoms with E-state index in [-0.39, 0.29) is 12.5 Å². The summed E-state index contributed by atoms with van der Waals surface area (Å²) in [6, 6.07) is 15.2. The molecule has 0 saturated heterocycles. The predicted molar refractivity (Wildman–Crippen MR) is 119 cm³/mol. The molecule has 0 unspecified atom stereocenters. The first-order valence-corrected chi connectivity index (χ1v) is 11.0. The fourth-order valence-electron chi connectivity index (χ4n) is 3.43. The molecule has 6 heteroatoms. The minimum atomic E-state index is -0.477. The van der Waals surface area contributed by atoms with E-state index in [4.69, 9.17) is 4.74 Å². The third kappa shape index (κ3) is 5.12. The van der Waals surface area contributed by atoms with E-state index >= 15 is 0 Å². The van der Waals surface area contributed by atoms with Gasteiger partial charge in [-0.3, -0.25) is 4.79 Å². The molecule has 2 aromatic carbocycles. The topological polar surface area (TPSA) is 49.9 Å². The molecule has 0 radical (unpaired) electrons. The summed E-state index contributed by atoms with van der Waals surface area (Å²) in [6.07, 6.45) is 0.895. The first kappa shape index (κ1) is 21.2. The van der Waals surface area contributed by atoms with E-state index in [2.05, 4.69) is 25.7 Å². The van der Waals surface area contributed by atoms with Gasteiger partial charge in [-0.15, -0.1) is 11.8 Å². The zero-order valence-electron chi connectivity index (χ0n) is 17.3. The van der Waals surface area contributed by atoms with Crippen molar-refractivity contribution in [3.05, 3.63) is 54.1 Å². The second kappa shape index (κ2) is 9.83. The van der Waals surface area contributed by atoms with Gasteiger partial charge in [0.05, 0.1) is 11.3 Å². The summed E-state index contributed by atoms with van der Waals surface area (Å²) >= 11 is 1.78. The molecule has 0 N–H and O–H groups in total. The van der Waals surface area contributed by atoms with Crippen LogP contribution < -0.4 is 9.80 Å². The second-order valence-corrected chi connectivity index (χ2v) is 8.51. The molecule has 1 aliphatic heterocycles. The van der Waals surface area contributed by atoms with Gasteiger partial charge >= 0.3 is 5.97 Å². The minimum absolute atomic E-state index is 0.194. The second-order valence-electron chi connectivity index (χ2n) is 7.03. The largest absolute Gasteiger partial charge is 0.452 e. The number of ether oxygens (including phenoxy) is 1. The van der Waals surface area contributed by atoms with Gasteiger partial charge in [-0.25, -0.2) is 4.79 Å². The van der Waals surface area contributed by atoms with Crippen LogP contribution in [0.25, 0.3) is 0 Å². The first-order chi connectivity index (χ1) is 14.0. The molecule has 29 heavy (non-hydrogen) atoms. The molecule has 2 aromatic rings. The van der Waals surface area contributed by atoms with Crippen molar-refractivity contribution >= 4 is 35.0 Å². The molecule has 0 aliphatic carbocycles. The van der Waals surface area contributed by atoms with Gasteiger partial charge in [-0.1, -0.05) is 19.1 Å². The fourth-order valence-corrected chi connectivity index (χ4v) is 4.54. The van der Waals surface area contributed by atoms with E-state index in [9.17, 15) is 9.59 Å². The van der Waals surface area contributed by atoms with Crippen LogP contribution in [0.15, 0.2) is 53.4 Å². The number of esters is 1. The van der Waals surface area contributed by atoms with Gasteiger partial charge in [0.1, 0.15) is 0 Å². The molecule has 3 rings (SSSR count). The Morgan fingerprint density at radius 2 is 1.79 bits per heavy atom. The SMILES string of the molecule is CCN(CC)c1ccc(C(=O)OCC(=O)N2CC[C@H](C)Sc3ccccc32)cc1. The van der Waals surface area contributed by atoms with Crippen LogP contribution in [0.1, 0.15) is 37.6 Å². The number of para-hydroxylation sites is 1. The molecule has 5 nitrogen and oxygen atoms in total. The number of hydrogen-bond acceptors (Lipinski definition) is 5. The Bertz CT molecular complexity index is 849. The van der Waals surface area contributed by atoms with Crippen LogP contribution in [-0.4, -0.2) is 43.4 Å². The number of carbonyl (C=O) groups is 2. The van der Waals surface area contributed by atoms with Gasteiger partial charge in [-0.2, -0.15) is 0 Å². The summed E-state index contributed by atoms with van der Waals surface area (Å²) in [5.41, 5.74) is 2.41. The predicted octanol–water partition coefficient (Wildman–Crippen LogP) is 4.61. The monoisotopic (exact) mass is 412 g/mol. The van der Waals surface area contributed by atoms with Crippen molar-refractivity contribution < 1.29 is 14.3 Å². The van der Waals surface area contributed by atoms with Crippen molar-refractivity contribution in [3.8, 4) is 0 Å². The van der Waals surface area contributed by atoms with Crippen LogP contribution in [0.4, 0.5) is 11.4 Å². The molecule has 0 saturated carbocycles. The lowest BCUT2D eigenvalue weighted by Gasteiger charge is -2.22. The van der Waals surface area contributed by atoms with Crippen LogP contribution >= 0.6 is 11.8 Å². The molecule has 0 spiro atoms. The summed E-state index contributed by atoms with van der Waals surface area (Å²) in [4.78, 5) is 30.2. The van der Waals surface area contributed by atoms with Gasteiger partial charge in [0.2, 0.25) is 0 Å². The van der Waals surface area contributed by atoms with Crippen LogP contribution in [0.3, 0.4) is 0 Å². The maximum absolute atomic E-state index is 12.8. The maximum Gasteiger partial charge on any atom is 0.338 e. The van der Waals surface area contributed by atoms with Gasteiger partial charge < -0.3 is 14.5 Å². The zero-order valence-corrected chi connectivity index (χ0v) is 18.1. The Morgan fingerprint density at radius 1 is 1.10 bits per heavy atom. The lowest BCUT2D eigenvalue weighted by Crippen LogP contribution is -2.35. The normalized spacial score (nSPS) is 16.0. The van der Waals surface area contributed by atoms with Crippen molar-refractivity contribution in [3.63, 3.8) is 0 Å². The quantitative estimate of drug-likeness (QED) is 0.649. The number of amides is 1. The Labute approximate surface area is 177 Å². The van der Waals surface area contributed by atoms with Crippen LogP contribution in [0.2, 0.25) is 0 Å². The summed E-state index contributed by atoms with van der Waals surface area (Å²) < 4.78 is 5.33. The van der Waals surface area contributed by atoms with Crippen molar-refractivity contribution in [1.82, 2.24) is 0 Å². The Morgan fingerprint density at radius 3 is 2.48 bits per heavy atom. The summed E-state index contributed by atoms with van der Waals surface area (Å²) in [5.74, 6) is -0.671. The smallest absolute Gasteiger partial charge is 0.338 e. The van der Waals surface area contributed by atoms with E-state index in [1.165, 1.54) is 0 Å². The summed E-state index contributed by atoms with van der Waals surface area (Å²) in [7, 11) is 0. The molecule has 1 aliphatic rings. The van der Waals surface area contributed by atoms with E-state index < -0.39 is 5.97 Å². The Kier molecular flexibility index (Phi) is 7.20. The third-order valence-electron chi connectivity index (χ3n) is 5.10. The molecule has 0 bridgehead atoms. The van der Waals surface area contributed by atoms with E-state index in [0.717, 1.165) is 35.8 Å². The average molecular weight is 413 g/mol. The lowest BCUT2D eigenvalue weighted by atomic mass is 10.2. The number of thioether (sulfide) groups is 1. The van der Waals surface area contributed by atoms with Crippen LogP contribution in [-0.2, 0) is 9.53 Å². The van der Waals surface area contributed by atoms with Crippen molar-refractivity contribution in [2.75, 3.05) is 36.0 Å². The summed E-state index contributed by atoms with van der Waals surface area (Å²) in [5, 5.41) is 0.431. The fraction of sp³-hybridized carbons (Fsp3) is 0.391. The number of benzene rings is 2. The van der Waals surface area contributed by atoms with E-state index in [1.807, 2.05) is 36.4 Å². The molecule has 0 fully saturated rings. The number of nitrogens with zero attached hydrogens (tertiary/aromatic N) is 2. The van der Waals surface area contributed by atoms with Gasteiger partial charge in [0.25, 0.3) is 5.91 Å².